The lowest BCUT2D eigenvalue weighted by atomic mass is 10.0. The lowest BCUT2D eigenvalue weighted by molar-refractivity contribution is -0.121. The second-order valence-corrected chi connectivity index (χ2v) is 8.18. The summed E-state index contributed by atoms with van der Waals surface area (Å²) in [6.45, 7) is 3.88. The molecule has 1 N–H and O–H groups in total. The molecular formula is C21H25N5O2S. The van der Waals surface area contributed by atoms with E-state index in [2.05, 4.69) is 20.4 Å². The van der Waals surface area contributed by atoms with Gasteiger partial charge in [-0.05, 0) is 56.6 Å². The molecule has 0 bridgehead atoms. The van der Waals surface area contributed by atoms with E-state index in [0.717, 1.165) is 41.1 Å². The summed E-state index contributed by atoms with van der Waals surface area (Å²) < 4.78 is 6.97. The summed E-state index contributed by atoms with van der Waals surface area (Å²) in [4.78, 5) is 21.9. The maximum atomic E-state index is 12.9. The molecule has 2 heterocycles. The second kappa shape index (κ2) is 8.02. The molecule has 7 nitrogen and oxygen atoms in total. The third kappa shape index (κ3) is 4.07. The topological polar surface area (TPSA) is 81.4 Å². The fourth-order valence-corrected chi connectivity index (χ4v) is 3.97. The van der Waals surface area contributed by atoms with Crippen LogP contribution in [0.4, 0.5) is 0 Å². The average molecular weight is 412 g/mol. The van der Waals surface area contributed by atoms with Gasteiger partial charge in [0.15, 0.2) is 0 Å². The van der Waals surface area contributed by atoms with E-state index < -0.39 is 0 Å². The Morgan fingerprint density at radius 3 is 2.62 bits per heavy atom. The summed E-state index contributed by atoms with van der Waals surface area (Å²) in [5, 5.41) is 8.38. The lowest BCUT2D eigenvalue weighted by Crippen LogP contribution is -2.31. The van der Waals surface area contributed by atoms with Gasteiger partial charge in [-0.2, -0.15) is 4.98 Å². The zero-order valence-electron chi connectivity index (χ0n) is 17.1. The molecule has 1 aromatic carbocycles. The van der Waals surface area contributed by atoms with E-state index in [0.29, 0.717) is 16.9 Å². The summed E-state index contributed by atoms with van der Waals surface area (Å²) in [7, 11) is 1.65. The molecule has 4 rings (SSSR count). The second-order valence-electron chi connectivity index (χ2n) is 7.40. The highest BCUT2D eigenvalue weighted by molar-refractivity contribution is 7.98. The summed E-state index contributed by atoms with van der Waals surface area (Å²) in [5.74, 6) is 1.88. The van der Waals surface area contributed by atoms with E-state index in [4.69, 9.17) is 4.74 Å². The van der Waals surface area contributed by atoms with Crippen LogP contribution in [0.2, 0.25) is 0 Å². The minimum absolute atomic E-state index is 0.00438. The number of thioether (sulfide) groups is 1. The minimum Gasteiger partial charge on any atom is -0.497 e. The molecule has 1 aliphatic rings. The quantitative estimate of drug-likeness (QED) is 0.601. The number of nitrogens with zero attached hydrogens (tertiary/aromatic N) is 4. The molecule has 0 radical (unpaired) electrons. The molecule has 1 fully saturated rings. The molecule has 0 spiro atoms. The Morgan fingerprint density at radius 1 is 1.28 bits per heavy atom. The van der Waals surface area contributed by atoms with Crippen LogP contribution in [0.25, 0.3) is 5.78 Å². The van der Waals surface area contributed by atoms with Crippen LogP contribution in [0.15, 0.2) is 29.4 Å². The van der Waals surface area contributed by atoms with Gasteiger partial charge in [0.2, 0.25) is 11.1 Å². The van der Waals surface area contributed by atoms with Gasteiger partial charge in [-0.15, -0.1) is 5.10 Å². The van der Waals surface area contributed by atoms with Gasteiger partial charge < -0.3 is 10.1 Å². The molecule has 0 aliphatic heterocycles. The number of nitrogens with one attached hydrogen (secondary N) is 1. The van der Waals surface area contributed by atoms with Crippen LogP contribution < -0.4 is 10.1 Å². The van der Waals surface area contributed by atoms with Crippen LogP contribution in [-0.4, -0.2) is 38.9 Å². The fraction of sp³-hybridized carbons (Fsp3) is 0.429. The molecule has 1 amide bonds. The molecule has 1 aliphatic carbocycles. The van der Waals surface area contributed by atoms with Crippen molar-refractivity contribution in [2.24, 2.45) is 5.92 Å². The van der Waals surface area contributed by atoms with E-state index >= 15 is 0 Å². The van der Waals surface area contributed by atoms with Gasteiger partial charge in [0.1, 0.15) is 5.75 Å². The van der Waals surface area contributed by atoms with Crippen molar-refractivity contribution < 1.29 is 9.53 Å². The lowest BCUT2D eigenvalue weighted by Gasteiger charge is -2.20. The van der Waals surface area contributed by atoms with Crippen LogP contribution in [0.3, 0.4) is 0 Å². The predicted molar refractivity (Wildman–Crippen MR) is 112 cm³/mol. The van der Waals surface area contributed by atoms with Crippen LogP contribution in [0.1, 0.15) is 41.4 Å². The van der Waals surface area contributed by atoms with Crippen molar-refractivity contribution in [3.05, 3.63) is 46.8 Å². The zero-order chi connectivity index (χ0) is 20.5. The number of carbonyl (C=O) groups is 1. The number of hydrogen-bond donors (Lipinski definition) is 1. The monoisotopic (exact) mass is 411 g/mol. The van der Waals surface area contributed by atoms with Crippen molar-refractivity contribution in [1.29, 1.82) is 0 Å². The molecule has 1 unspecified atom stereocenters. The van der Waals surface area contributed by atoms with Crippen LogP contribution in [0, 0.1) is 19.8 Å². The first-order chi connectivity index (χ1) is 14.0. The molecule has 0 saturated heterocycles. The first-order valence-electron chi connectivity index (χ1n) is 9.70. The van der Waals surface area contributed by atoms with Crippen LogP contribution in [0.5, 0.6) is 5.75 Å². The van der Waals surface area contributed by atoms with Crippen molar-refractivity contribution in [2.45, 2.75) is 44.3 Å². The molecule has 1 saturated carbocycles. The Hall–Kier alpha value is -2.61. The Labute approximate surface area is 174 Å². The van der Waals surface area contributed by atoms with Gasteiger partial charge in [-0.1, -0.05) is 23.9 Å². The number of aryl methyl sites for hydroxylation is 2. The number of rotatable bonds is 7. The summed E-state index contributed by atoms with van der Waals surface area (Å²) in [6.07, 6.45) is 4.48. The third-order valence-electron chi connectivity index (χ3n) is 5.43. The summed E-state index contributed by atoms with van der Waals surface area (Å²) in [5.41, 5.74) is 3.74. The maximum Gasteiger partial charge on any atom is 0.253 e. The van der Waals surface area contributed by atoms with Gasteiger partial charge in [0, 0.05) is 17.0 Å². The van der Waals surface area contributed by atoms with Gasteiger partial charge >= 0.3 is 0 Å². The molecular weight excluding hydrogens is 386 g/mol. The van der Waals surface area contributed by atoms with E-state index in [1.165, 1.54) is 11.8 Å². The summed E-state index contributed by atoms with van der Waals surface area (Å²) in [6, 6.07) is 7.98. The molecule has 3 aromatic rings. The number of fused-ring (bicyclic) bond motifs is 1. The third-order valence-corrected chi connectivity index (χ3v) is 5.97. The Kier molecular flexibility index (Phi) is 5.45. The van der Waals surface area contributed by atoms with Crippen LogP contribution >= 0.6 is 11.8 Å². The van der Waals surface area contributed by atoms with Gasteiger partial charge in [-0.25, -0.2) is 9.50 Å². The minimum atomic E-state index is -0.00438. The zero-order valence-corrected chi connectivity index (χ0v) is 17.9. The number of ether oxygens (including phenoxy) is 1. The largest absolute Gasteiger partial charge is 0.497 e. The smallest absolute Gasteiger partial charge is 0.253 e. The molecule has 1 atom stereocenters. The highest BCUT2D eigenvalue weighted by Gasteiger charge is 2.33. The van der Waals surface area contributed by atoms with Crippen molar-refractivity contribution in [3.8, 4) is 5.75 Å². The Bertz CT molecular complexity index is 1040. The first-order valence-corrected chi connectivity index (χ1v) is 10.9. The van der Waals surface area contributed by atoms with Crippen molar-refractivity contribution >= 4 is 23.4 Å². The molecule has 152 valence electrons. The normalized spacial score (nSPS) is 14.8. The number of methoxy groups -OCH3 is 1. The van der Waals surface area contributed by atoms with Crippen LogP contribution in [-0.2, 0) is 11.2 Å². The fourth-order valence-electron chi connectivity index (χ4n) is 3.63. The van der Waals surface area contributed by atoms with E-state index in [-0.39, 0.29) is 18.4 Å². The first kappa shape index (κ1) is 19.7. The highest BCUT2D eigenvalue weighted by atomic mass is 32.2. The number of carbonyl (C=O) groups excluding carboxylic acids is 1. The van der Waals surface area contributed by atoms with Crippen molar-refractivity contribution in [3.63, 3.8) is 0 Å². The number of benzene rings is 1. The molecule has 2 aromatic heterocycles. The predicted octanol–water partition coefficient (Wildman–Crippen LogP) is 3.28. The Morgan fingerprint density at radius 2 is 2.00 bits per heavy atom. The van der Waals surface area contributed by atoms with Crippen molar-refractivity contribution in [2.75, 3.05) is 13.4 Å². The van der Waals surface area contributed by atoms with Gasteiger partial charge in [-0.3, -0.25) is 4.79 Å². The van der Waals surface area contributed by atoms with E-state index in [9.17, 15) is 4.79 Å². The SMILES string of the molecule is COc1ccc(C(NC(=O)Cc2c(C)nc3nc(SC)nn3c2C)C2CC2)cc1. The average Bonchev–Trinajstić information content (AvgIpc) is 3.48. The van der Waals surface area contributed by atoms with Gasteiger partial charge in [0.05, 0.1) is 19.6 Å². The maximum absolute atomic E-state index is 12.9. The number of aromatic nitrogens is 4. The standard InChI is InChI=1S/C21H25N5O2S/c1-12-17(13(2)26-20(22-12)24-21(25-26)29-4)11-18(27)23-19(14-5-6-14)15-7-9-16(28-3)10-8-15/h7-10,14,19H,5-6,11H2,1-4H3,(H,23,27). The van der Waals surface area contributed by atoms with E-state index in [1.54, 1.807) is 11.6 Å². The Balaban J connectivity index is 1.55. The highest BCUT2D eigenvalue weighted by Crippen LogP contribution is 2.41. The van der Waals surface area contributed by atoms with Crippen molar-refractivity contribution in [1.82, 2.24) is 24.9 Å². The molecule has 29 heavy (non-hydrogen) atoms. The van der Waals surface area contributed by atoms with E-state index in [1.807, 2.05) is 44.4 Å². The number of amides is 1. The van der Waals surface area contributed by atoms with Gasteiger partial charge in [0.25, 0.3) is 5.78 Å². The summed E-state index contributed by atoms with van der Waals surface area (Å²) >= 11 is 1.48. The molecule has 8 heteroatoms. The number of hydrogen-bond acceptors (Lipinski definition) is 6.